The van der Waals surface area contributed by atoms with Gasteiger partial charge in [0.15, 0.2) is 0 Å². The summed E-state index contributed by atoms with van der Waals surface area (Å²) in [5.41, 5.74) is -0.890. The van der Waals surface area contributed by atoms with Gasteiger partial charge >= 0.3 is 5.69 Å². The predicted molar refractivity (Wildman–Crippen MR) is 142 cm³/mol. The topological polar surface area (TPSA) is 114 Å². The van der Waals surface area contributed by atoms with Crippen LogP contribution in [0.2, 0.25) is 0 Å². The van der Waals surface area contributed by atoms with Crippen LogP contribution in [0.3, 0.4) is 0 Å². The highest BCUT2D eigenvalue weighted by Gasteiger charge is 2.50. The van der Waals surface area contributed by atoms with Gasteiger partial charge in [-0.05, 0) is 23.6 Å². The number of rotatable bonds is 8. The number of hydrogen-bond donors (Lipinski definition) is 3. The molecule has 0 spiro atoms. The molecule has 1 aliphatic heterocycles. The third-order valence-corrected chi connectivity index (χ3v) is 7.17. The van der Waals surface area contributed by atoms with Crippen molar-refractivity contribution >= 4 is 0 Å². The van der Waals surface area contributed by atoms with Crippen molar-refractivity contribution in [1.82, 2.24) is 9.55 Å². The fourth-order valence-electron chi connectivity index (χ4n) is 5.09. The summed E-state index contributed by atoms with van der Waals surface area (Å²) in [6.45, 7) is 0.892. The number of ether oxygens (including phenoxy) is 2. The molecule has 0 saturated carbocycles. The first-order chi connectivity index (χ1) is 18.4. The van der Waals surface area contributed by atoms with Gasteiger partial charge in [-0.2, -0.15) is 0 Å². The number of aromatic amines is 1. The second kappa shape index (κ2) is 10.5. The van der Waals surface area contributed by atoms with Crippen LogP contribution in [0.4, 0.5) is 0 Å². The fraction of sp³-hybridized carbons (Fsp3) is 0.267. The molecule has 8 nitrogen and oxygen atoms in total. The minimum Gasteiger partial charge on any atom is -0.393 e. The summed E-state index contributed by atoms with van der Waals surface area (Å²) in [4.78, 5) is 26.6. The molecule has 0 unspecified atom stereocenters. The number of benzene rings is 3. The van der Waals surface area contributed by atoms with Crippen LogP contribution in [0.15, 0.2) is 107 Å². The number of nitrogens with one attached hydrogen (secondary N) is 1. The molecule has 3 N–H and O–H groups in total. The van der Waals surface area contributed by atoms with Gasteiger partial charge in [0.1, 0.15) is 23.5 Å². The Kier molecular flexibility index (Phi) is 7.14. The van der Waals surface area contributed by atoms with Crippen molar-refractivity contribution in [3.05, 3.63) is 140 Å². The van der Waals surface area contributed by atoms with Crippen LogP contribution in [-0.4, -0.2) is 44.7 Å². The molecule has 196 valence electrons. The largest absolute Gasteiger partial charge is 0.393 e. The van der Waals surface area contributed by atoms with Gasteiger partial charge in [0.25, 0.3) is 5.56 Å². The summed E-state index contributed by atoms with van der Waals surface area (Å²) in [5, 5.41) is 21.6. The standard InChI is InChI=1S/C30H30N2O6/c1-21-18-32(28(35)31-27(21)34)26-17-29(36,20-33)25(38-26)19-37-30(22-11-5-2-6-12-22,23-13-7-3-8-14-23)24-15-9-4-10-16-24/h2-16,18,25-26,33,36H,17,19-20H2,1H3,(H,31,34,35)/t25-,26-,29-/m1/s1. The first kappa shape index (κ1) is 25.8. The quantitative estimate of drug-likeness (QED) is 0.312. The van der Waals surface area contributed by atoms with E-state index in [1.54, 1.807) is 6.92 Å². The second-order valence-corrected chi connectivity index (χ2v) is 9.61. The SMILES string of the molecule is Cc1cn([C@H]2C[C@@](O)(CO)[C@@H](COC(c3ccccc3)(c3ccccc3)c3ccccc3)O2)c(=O)[nH]c1=O. The Bertz CT molecular complexity index is 1390. The zero-order valence-electron chi connectivity index (χ0n) is 21.0. The van der Waals surface area contributed by atoms with Crippen LogP contribution in [0.25, 0.3) is 0 Å². The monoisotopic (exact) mass is 514 g/mol. The highest BCUT2D eigenvalue weighted by atomic mass is 16.6. The molecular weight excluding hydrogens is 484 g/mol. The van der Waals surface area contributed by atoms with Crippen LogP contribution in [0.5, 0.6) is 0 Å². The van der Waals surface area contributed by atoms with E-state index in [9.17, 15) is 19.8 Å². The Hall–Kier alpha value is -3.82. The Balaban J connectivity index is 1.55. The molecule has 1 aromatic heterocycles. The average molecular weight is 515 g/mol. The summed E-state index contributed by atoms with van der Waals surface area (Å²) in [5.74, 6) is 0. The van der Waals surface area contributed by atoms with E-state index in [-0.39, 0.29) is 13.0 Å². The third-order valence-electron chi connectivity index (χ3n) is 7.17. The van der Waals surface area contributed by atoms with Crippen LogP contribution in [0.1, 0.15) is 34.9 Å². The van der Waals surface area contributed by atoms with Crippen molar-refractivity contribution in [3.63, 3.8) is 0 Å². The normalized spacial score (nSPS) is 21.4. The average Bonchev–Trinajstić information content (AvgIpc) is 3.29. The van der Waals surface area contributed by atoms with Crippen molar-refractivity contribution in [2.75, 3.05) is 13.2 Å². The van der Waals surface area contributed by atoms with E-state index in [2.05, 4.69) is 4.98 Å². The molecule has 5 rings (SSSR count). The van der Waals surface area contributed by atoms with Gasteiger partial charge in [0.05, 0.1) is 13.2 Å². The van der Waals surface area contributed by atoms with E-state index < -0.39 is 41.4 Å². The first-order valence-corrected chi connectivity index (χ1v) is 12.5. The molecular formula is C30H30N2O6. The van der Waals surface area contributed by atoms with Gasteiger partial charge in [-0.15, -0.1) is 0 Å². The zero-order chi connectivity index (χ0) is 26.8. The van der Waals surface area contributed by atoms with Crippen LogP contribution >= 0.6 is 0 Å². The number of aromatic nitrogens is 2. The lowest BCUT2D eigenvalue weighted by atomic mass is 9.80. The summed E-state index contributed by atoms with van der Waals surface area (Å²) < 4.78 is 14.2. The molecule has 0 bridgehead atoms. The second-order valence-electron chi connectivity index (χ2n) is 9.61. The number of aryl methyl sites for hydroxylation is 1. The molecule has 8 heteroatoms. The number of H-pyrrole nitrogens is 1. The molecule has 1 fully saturated rings. The summed E-state index contributed by atoms with van der Waals surface area (Å²) in [6, 6.07) is 29.4. The van der Waals surface area contributed by atoms with Gasteiger partial charge in [-0.1, -0.05) is 91.0 Å². The highest BCUT2D eigenvalue weighted by Crippen LogP contribution is 2.43. The molecule has 3 aromatic carbocycles. The van der Waals surface area contributed by atoms with Gasteiger partial charge < -0.3 is 19.7 Å². The van der Waals surface area contributed by atoms with Gasteiger partial charge in [0.2, 0.25) is 0 Å². The molecule has 38 heavy (non-hydrogen) atoms. The minimum atomic E-state index is -1.68. The van der Waals surface area contributed by atoms with E-state index in [4.69, 9.17) is 9.47 Å². The lowest BCUT2D eigenvalue weighted by Gasteiger charge is -2.38. The van der Waals surface area contributed by atoms with Gasteiger partial charge in [-0.3, -0.25) is 14.3 Å². The Labute approximate surface area is 219 Å². The number of nitrogens with zero attached hydrogens (tertiary/aromatic N) is 1. The fourth-order valence-corrected chi connectivity index (χ4v) is 5.09. The molecule has 3 atom stereocenters. The summed E-state index contributed by atoms with van der Waals surface area (Å²) in [6.07, 6.45) is -0.525. The van der Waals surface area contributed by atoms with E-state index in [0.29, 0.717) is 5.56 Å². The number of aliphatic hydroxyl groups excluding tert-OH is 1. The summed E-state index contributed by atoms with van der Waals surface area (Å²) in [7, 11) is 0. The van der Waals surface area contributed by atoms with Crippen LogP contribution in [-0.2, 0) is 15.1 Å². The maximum atomic E-state index is 12.5. The first-order valence-electron chi connectivity index (χ1n) is 12.5. The van der Waals surface area contributed by atoms with Crippen molar-refractivity contribution in [1.29, 1.82) is 0 Å². The van der Waals surface area contributed by atoms with Crippen LogP contribution in [0, 0.1) is 6.92 Å². The molecule has 0 amide bonds. The molecule has 1 saturated heterocycles. The lowest BCUT2D eigenvalue weighted by Crippen LogP contribution is -2.46. The molecule has 2 heterocycles. The van der Waals surface area contributed by atoms with E-state index in [1.807, 2.05) is 91.0 Å². The third kappa shape index (κ3) is 4.63. The maximum Gasteiger partial charge on any atom is 0.330 e. The smallest absolute Gasteiger partial charge is 0.330 e. The number of hydrogen-bond acceptors (Lipinski definition) is 6. The Morgan fingerprint density at radius 2 is 1.45 bits per heavy atom. The molecule has 0 radical (unpaired) electrons. The Morgan fingerprint density at radius 1 is 0.947 bits per heavy atom. The highest BCUT2D eigenvalue weighted by molar-refractivity contribution is 5.47. The van der Waals surface area contributed by atoms with Crippen molar-refractivity contribution < 1.29 is 19.7 Å². The lowest BCUT2D eigenvalue weighted by molar-refractivity contribution is -0.132. The van der Waals surface area contributed by atoms with Gasteiger partial charge in [0, 0.05) is 18.2 Å². The van der Waals surface area contributed by atoms with E-state index in [0.717, 1.165) is 16.7 Å². The zero-order valence-corrected chi connectivity index (χ0v) is 21.0. The van der Waals surface area contributed by atoms with Crippen molar-refractivity contribution in [3.8, 4) is 0 Å². The predicted octanol–water partition coefficient (Wildman–Crippen LogP) is 2.86. The number of aliphatic hydroxyl groups is 2. The van der Waals surface area contributed by atoms with E-state index >= 15 is 0 Å². The van der Waals surface area contributed by atoms with E-state index in [1.165, 1.54) is 10.8 Å². The molecule has 4 aromatic rings. The Morgan fingerprint density at radius 3 is 1.92 bits per heavy atom. The maximum absolute atomic E-state index is 12.5. The molecule has 1 aliphatic rings. The summed E-state index contributed by atoms with van der Waals surface area (Å²) >= 11 is 0. The minimum absolute atomic E-state index is 0.0576. The van der Waals surface area contributed by atoms with Crippen molar-refractivity contribution in [2.24, 2.45) is 0 Å². The van der Waals surface area contributed by atoms with Gasteiger partial charge in [-0.25, -0.2) is 4.79 Å². The van der Waals surface area contributed by atoms with Crippen molar-refractivity contribution in [2.45, 2.75) is 36.9 Å². The molecule has 0 aliphatic carbocycles. The van der Waals surface area contributed by atoms with Crippen LogP contribution < -0.4 is 11.2 Å².